The van der Waals surface area contributed by atoms with Crippen LogP contribution in [0.1, 0.15) is 13.8 Å². The van der Waals surface area contributed by atoms with Gasteiger partial charge in [0.25, 0.3) is 0 Å². The van der Waals surface area contributed by atoms with Crippen molar-refractivity contribution in [3.8, 4) is 0 Å². The van der Waals surface area contributed by atoms with Crippen LogP contribution in [0.15, 0.2) is 37.0 Å². The van der Waals surface area contributed by atoms with Crippen molar-refractivity contribution in [2.45, 2.75) is 20.0 Å². The van der Waals surface area contributed by atoms with Gasteiger partial charge >= 0.3 is 8.25 Å². The predicted octanol–water partition coefficient (Wildman–Crippen LogP) is 2.34. The van der Waals surface area contributed by atoms with E-state index in [4.69, 9.17) is 19.1 Å². The van der Waals surface area contributed by atoms with Gasteiger partial charge in [0.05, 0.1) is 12.7 Å². The second-order valence-corrected chi connectivity index (χ2v) is 3.20. The molecule has 0 fully saturated rings. The largest absolute Gasteiger partial charge is 0.692 e. The lowest BCUT2D eigenvalue weighted by Crippen LogP contribution is -2.04. The molecule has 0 amide bonds. The van der Waals surface area contributed by atoms with Gasteiger partial charge in [0.1, 0.15) is 0 Å². The van der Waals surface area contributed by atoms with E-state index in [1.807, 2.05) is 26.0 Å². The average molecular weight is 233 g/mol. The van der Waals surface area contributed by atoms with E-state index in [0.717, 1.165) is 5.57 Å². The first-order valence-corrected chi connectivity index (χ1v) is 5.48. The molecular weight excluding hydrogens is 215 g/mol. The van der Waals surface area contributed by atoms with Gasteiger partial charge in [-0.05, 0) is 13.8 Å². The Bertz CT molecular complexity index is 232. The number of ether oxygens (including phenoxy) is 1. The minimum absolute atomic E-state index is 0.144. The molecule has 0 saturated carbocycles. The Kier molecular flexibility index (Phi) is 12.5. The first-order chi connectivity index (χ1) is 6.93. The van der Waals surface area contributed by atoms with Crippen molar-refractivity contribution in [1.82, 2.24) is 0 Å². The Morgan fingerprint density at radius 3 is 2.33 bits per heavy atom. The minimum Gasteiger partial charge on any atom is -0.370 e. The Morgan fingerprint density at radius 2 is 2.00 bits per heavy atom. The molecule has 4 nitrogen and oxygen atoms in total. The third kappa shape index (κ3) is 19.6. The molecule has 0 aromatic carbocycles. The molecule has 0 bridgehead atoms. The third-order valence-corrected chi connectivity index (χ3v) is 1.30. The summed E-state index contributed by atoms with van der Waals surface area (Å²) in [4.78, 5) is 14.2. The lowest BCUT2D eigenvalue weighted by Gasteiger charge is -2.06. The van der Waals surface area contributed by atoms with Crippen LogP contribution in [-0.2, 0) is 9.30 Å². The molecule has 0 aromatic heterocycles. The van der Waals surface area contributed by atoms with Gasteiger partial charge in [-0.2, -0.15) is 0 Å². The van der Waals surface area contributed by atoms with E-state index in [-0.39, 0.29) is 6.10 Å². The molecular formula is C10H18O4P+. The summed E-state index contributed by atoms with van der Waals surface area (Å²) < 4.78 is 14.0. The minimum atomic E-state index is -2.87. The maximum absolute atomic E-state index is 8.70. The van der Waals surface area contributed by atoms with Crippen LogP contribution in [0, 0.1) is 0 Å². The van der Waals surface area contributed by atoms with Crippen LogP contribution in [0.3, 0.4) is 0 Å². The number of allylic oxidation sites excluding steroid dienone is 2. The summed E-state index contributed by atoms with van der Waals surface area (Å²) in [7, 11) is -2.87. The van der Waals surface area contributed by atoms with Gasteiger partial charge in [0, 0.05) is 4.57 Å². The SMILES string of the molecule is C=CCOC(C)C=C(C)C=C.O=[P+](O)O. The summed E-state index contributed by atoms with van der Waals surface area (Å²) in [6.45, 7) is 11.8. The second-order valence-electron chi connectivity index (χ2n) is 2.69. The van der Waals surface area contributed by atoms with Crippen LogP contribution in [0.4, 0.5) is 0 Å². The fourth-order valence-electron chi connectivity index (χ4n) is 0.706. The van der Waals surface area contributed by atoms with Gasteiger partial charge in [-0.1, -0.05) is 30.4 Å². The Hall–Kier alpha value is -0.800. The van der Waals surface area contributed by atoms with E-state index in [1.54, 1.807) is 6.08 Å². The summed E-state index contributed by atoms with van der Waals surface area (Å²) in [5.74, 6) is 0. The molecule has 15 heavy (non-hydrogen) atoms. The van der Waals surface area contributed by atoms with E-state index < -0.39 is 8.25 Å². The fraction of sp³-hybridized carbons (Fsp3) is 0.400. The van der Waals surface area contributed by atoms with Crippen molar-refractivity contribution in [2.24, 2.45) is 0 Å². The zero-order valence-electron chi connectivity index (χ0n) is 9.09. The Labute approximate surface area is 91.5 Å². The fourth-order valence-corrected chi connectivity index (χ4v) is 0.706. The van der Waals surface area contributed by atoms with Crippen LogP contribution in [0.5, 0.6) is 0 Å². The number of hydrogen-bond donors (Lipinski definition) is 2. The molecule has 2 N–H and O–H groups in total. The van der Waals surface area contributed by atoms with E-state index in [2.05, 4.69) is 13.2 Å². The van der Waals surface area contributed by atoms with E-state index in [1.165, 1.54) is 0 Å². The topological polar surface area (TPSA) is 66.8 Å². The summed E-state index contributed by atoms with van der Waals surface area (Å²) >= 11 is 0. The molecule has 1 atom stereocenters. The quantitative estimate of drug-likeness (QED) is 0.434. The first kappa shape index (κ1) is 16.6. The summed E-state index contributed by atoms with van der Waals surface area (Å²) in [6, 6.07) is 0. The van der Waals surface area contributed by atoms with Crippen LogP contribution < -0.4 is 0 Å². The van der Waals surface area contributed by atoms with Crippen molar-refractivity contribution in [3.05, 3.63) is 37.0 Å². The maximum atomic E-state index is 8.70. The highest BCUT2D eigenvalue weighted by Crippen LogP contribution is 2.00. The lowest BCUT2D eigenvalue weighted by molar-refractivity contribution is 0.123. The normalized spacial score (nSPS) is 12.1. The van der Waals surface area contributed by atoms with Crippen LogP contribution >= 0.6 is 8.25 Å². The molecule has 0 rings (SSSR count). The van der Waals surface area contributed by atoms with Crippen molar-refractivity contribution in [2.75, 3.05) is 6.61 Å². The monoisotopic (exact) mass is 233 g/mol. The molecule has 5 heteroatoms. The molecule has 0 spiro atoms. The van der Waals surface area contributed by atoms with Gasteiger partial charge in [-0.15, -0.1) is 16.4 Å². The molecule has 1 unspecified atom stereocenters. The predicted molar refractivity (Wildman–Crippen MR) is 61.6 cm³/mol. The Balaban J connectivity index is 0. The van der Waals surface area contributed by atoms with Gasteiger partial charge < -0.3 is 4.74 Å². The van der Waals surface area contributed by atoms with Crippen molar-refractivity contribution in [1.29, 1.82) is 0 Å². The summed E-state index contributed by atoms with van der Waals surface area (Å²) in [5.41, 5.74) is 1.14. The summed E-state index contributed by atoms with van der Waals surface area (Å²) in [6.07, 6.45) is 5.73. The van der Waals surface area contributed by atoms with Crippen LogP contribution in [-0.4, -0.2) is 22.5 Å². The Morgan fingerprint density at radius 1 is 1.53 bits per heavy atom. The summed E-state index contributed by atoms with van der Waals surface area (Å²) in [5, 5.41) is 0. The van der Waals surface area contributed by atoms with E-state index in [9.17, 15) is 0 Å². The maximum Gasteiger partial charge on any atom is 0.692 e. The molecule has 0 aromatic rings. The highest BCUT2D eigenvalue weighted by atomic mass is 31.1. The molecule has 86 valence electrons. The van der Waals surface area contributed by atoms with Crippen LogP contribution in [0.25, 0.3) is 0 Å². The number of hydrogen-bond acceptors (Lipinski definition) is 2. The smallest absolute Gasteiger partial charge is 0.370 e. The zero-order chi connectivity index (χ0) is 12.3. The average Bonchev–Trinajstić information content (AvgIpc) is 2.13. The van der Waals surface area contributed by atoms with Gasteiger partial charge in [-0.3, -0.25) is 0 Å². The van der Waals surface area contributed by atoms with Crippen molar-refractivity contribution in [3.63, 3.8) is 0 Å². The van der Waals surface area contributed by atoms with Crippen molar-refractivity contribution >= 4 is 8.25 Å². The zero-order valence-corrected chi connectivity index (χ0v) is 9.98. The van der Waals surface area contributed by atoms with E-state index in [0.29, 0.717) is 6.61 Å². The van der Waals surface area contributed by atoms with Crippen molar-refractivity contribution < 1.29 is 19.1 Å². The highest BCUT2D eigenvalue weighted by molar-refractivity contribution is 7.30. The van der Waals surface area contributed by atoms with Gasteiger partial charge in [-0.25, -0.2) is 0 Å². The van der Waals surface area contributed by atoms with E-state index >= 15 is 0 Å². The molecule has 0 saturated heterocycles. The standard InChI is InChI=1S/C10H16O.HO3P/c1-5-7-11-10(4)8-9(3)6-2;1-4(2)3/h5-6,8,10H,1-2,7H2,3-4H3;(H-,1,2,3)/p+1. The van der Waals surface area contributed by atoms with Crippen LogP contribution in [0.2, 0.25) is 0 Å². The van der Waals surface area contributed by atoms with Gasteiger partial charge in [0.2, 0.25) is 0 Å². The molecule has 0 aliphatic heterocycles. The third-order valence-electron chi connectivity index (χ3n) is 1.30. The molecule has 0 aliphatic rings. The lowest BCUT2D eigenvalue weighted by atomic mass is 10.2. The second kappa shape index (κ2) is 11.3. The number of rotatable bonds is 5. The molecule has 0 heterocycles. The highest BCUT2D eigenvalue weighted by Gasteiger charge is 1.94. The molecule has 0 radical (unpaired) electrons. The molecule has 0 aliphatic carbocycles. The van der Waals surface area contributed by atoms with Gasteiger partial charge in [0.15, 0.2) is 0 Å². The first-order valence-electron chi connectivity index (χ1n) is 4.32.